The van der Waals surface area contributed by atoms with E-state index in [0.29, 0.717) is 19.1 Å². The molecule has 0 atom stereocenters. The number of aryl methyl sites for hydroxylation is 3. The Bertz CT molecular complexity index is 854. The quantitative estimate of drug-likeness (QED) is 0.857. The number of hydrogen-bond donors (Lipinski definition) is 0. The van der Waals surface area contributed by atoms with E-state index in [-0.39, 0.29) is 5.56 Å². The average molecular weight is 340 g/mol. The molecule has 5 heteroatoms. The van der Waals surface area contributed by atoms with Crippen molar-refractivity contribution < 1.29 is 0 Å². The number of benzene rings is 1. The minimum absolute atomic E-state index is 0.0881. The number of anilines is 2. The monoisotopic (exact) mass is 340 g/mol. The molecule has 1 aromatic heterocycles. The van der Waals surface area contributed by atoms with Gasteiger partial charge in [-0.05, 0) is 52.7 Å². The van der Waals surface area contributed by atoms with Gasteiger partial charge in [0.2, 0.25) is 5.95 Å². The summed E-state index contributed by atoms with van der Waals surface area (Å²) in [6.07, 6.45) is 0.711. The molecule has 0 fully saturated rings. The van der Waals surface area contributed by atoms with E-state index in [2.05, 4.69) is 55.7 Å². The van der Waals surface area contributed by atoms with Gasteiger partial charge in [-0.15, -0.1) is 0 Å². The van der Waals surface area contributed by atoms with Crippen molar-refractivity contribution in [3.63, 3.8) is 0 Å². The van der Waals surface area contributed by atoms with Crippen LogP contribution in [-0.4, -0.2) is 27.2 Å². The number of fused-ring (bicyclic) bond motifs is 1. The van der Waals surface area contributed by atoms with Gasteiger partial charge in [-0.3, -0.25) is 19.2 Å². The molecule has 0 bridgehead atoms. The summed E-state index contributed by atoms with van der Waals surface area (Å²) in [5, 5.41) is 0. The first-order valence-corrected chi connectivity index (χ1v) is 9.02. The van der Waals surface area contributed by atoms with E-state index in [9.17, 15) is 4.79 Å². The second-order valence-electron chi connectivity index (χ2n) is 7.25. The zero-order valence-corrected chi connectivity index (χ0v) is 16.1. The largest absolute Gasteiger partial charge is 0.298 e. The molecule has 1 aliphatic heterocycles. The van der Waals surface area contributed by atoms with E-state index < -0.39 is 0 Å². The van der Waals surface area contributed by atoms with Crippen LogP contribution in [-0.2, 0) is 13.1 Å². The summed E-state index contributed by atoms with van der Waals surface area (Å²) in [7, 11) is 0. The lowest BCUT2D eigenvalue weighted by Crippen LogP contribution is -2.50. The van der Waals surface area contributed by atoms with Crippen molar-refractivity contribution in [1.82, 2.24) is 14.5 Å². The molecule has 0 N–H and O–H groups in total. The Balaban J connectivity index is 2.22. The topological polar surface area (TPSA) is 41.4 Å². The summed E-state index contributed by atoms with van der Waals surface area (Å²) in [6, 6.07) is 6.78. The number of aromatic nitrogens is 2. The molecule has 0 spiro atoms. The molecule has 0 aliphatic carbocycles. The normalized spacial score (nSPS) is 14.9. The van der Waals surface area contributed by atoms with Gasteiger partial charge in [-0.2, -0.15) is 0 Å². The second kappa shape index (κ2) is 6.64. The highest BCUT2D eigenvalue weighted by Gasteiger charge is 2.29. The standard InChI is InChI=1S/C20H28N4O/c1-7-17-16(6)21-20-23(18-9-8-14(4)10-15(18)5)11-22(13(2)3)12-24(20)19(17)25/h8-10,13H,7,11-12H2,1-6H3. The lowest BCUT2D eigenvalue weighted by molar-refractivity contribution is 0.156. The third-order valence-electron chi connectivity index (χ3n) is 5.06. The van der Waals surface area contributed by atoms with E-state index in [4.69, 9.17) is 4.98 Å². The van der Waals surface area contributed by atoms with Crippen LogP contribution >= 0.6 is 0 Å². The fourth-order valence-electron chi connectivity index (χ4n) is 3.52. The highest BCUT2D eigenvalue weighted by Crippen LogP contribution is 2.31. The van der Waals surface area contributed by atoms with Gasteiger partial charge < -0.3 is 0 Å². The van der Waals surface area contributed by atoms with Gasteiger partial charge >= 0.3 is 0 Å². The Hall–Kier alpha value is -2.14. The summed E-state index contributed by atoms with van der Waals surface area (Å²) < 4.78 is 1.83. The molecular weight excluding hydrogens is 312 g/mol. The first-order chi connectivity index (χ1) is 11.8. The van der Waals surface area contributed by atoms with Crippen LogP contribution in [0.15, 0.2) is 23.0 Å². The van der Waals surface area contributed by atoms with E-state index in [1.165, 1.54) is 11.1 Å². The SMILES string of the molecule is CCc1c(C)nc2n(c1=O)CN(C(C)C)CN2c1ccc(C)cc1C. The van der Waals surface area contributed by atoms with E-state index in [1.807, 2.05) is 18.4 Å². The maximum Gasteiger partial charge on any atom is 0.259 e. The first-order valence-electron chi connectivity index (χ1n) is 9.02. The van der Waals surface area contributed by atoms with Crippen LogP contribution in [0.4, 0.5) is 11.6 Å². The van der Waals surface area contributed by atoms with Gasteiger partial charge in [0.15, 0.2) is 0 Å². The van der Waals surface area contributed by atoms with Gasteiger partial charge in [0, 0.05) is 23.0 Å². The zero-order valence-electron chi connectivity index (χ0n) is 16.1. The number of hydrogen-bond acceptors (Lipinski definition) is 4. The molecule has 2 aromatic rings. The van der Waals surface area contributed by atoms with Crippen molar-refractivity contribution >= 4 is 11.6 Å². The van der Waals surface area contributed by atoms with Crippen LogP contribution in [0.3, 0.4) is 0 Å². The van der Waals surface area contributed by atoms with Crippen LogP contribution in [0.1, 0.15) is 43.2 Å². The van der Waals surface area contributed by atoms with E-state index >= 15 is 0 Å². The molecule has 3 rings (SSSR count). The number of rotatable bonds is 3. The fraction of sp³-hybridized carbons (Fsp3) is 0.500. The molecular formula is C20H28N4O. The van der Waals surface area contributed by atoms with Crippen LogP contribution in [0.25, 0.3) is 0 Å². The van der Waals surface area contributed by atoms with Crippen molar-refractivity contribution in [3.05, 3.63) is 50.9 Å². The summed E-state index contributed by atoms with van der Waals surface area (Å²) in [6.45, 7) is 13.8. The molecule has 2 heterocycles. The lowest BCUT2D eigenvalue weighted by atomic mass is 10.1. The zero-order chi connectivity index (χ0) is 18.3. The lowest BCUT2D eigenvalue weighted by Gasteiger charge is -2.40. The molecule has 5 nitrogen and oxygen atoms in total. The Morgan fingerprint density at radius 1 is 1.16 bits per heavy atom. The summed E-state index contributed by atoms with van der Waals surface area (Å²) in [4.78, 5) is 22.3. The molecule has 0 saturated heterocycles. The summed E-state index contributed by atoms with van der Waals surface area (Å²) >= 11 is 0. The van der Waals surface area contributed by atoms with Crippen molar-refractivity contribution in [3.8, 4) is 0 Å². The van der Waals surface area contributed by atoms with Crippen LogP contribution in [0, 0.1) is 20.8 Å². The van der Waals surface area contributed by atoms with Crippen molar-refractivity contribution in [2.45, 2.75) is 60.7 Å². The van der Waals surface area contributed by atoms with Gasteiger partial charge in [0.25, 0.3) is 5.56 Å². The number of nitrogens with zero attached hydrogens (tertiary/aromatic N) is 4. The predicted molar refractivity (Wildman–Crippen MR) is 103 cm³/mol. The third-order valence-corrected chi connectivity index (χ3v) is 5.06. The molecule has 1 aromatic carbocycles. The third kappa shape index (κ3) is 3.09. The summed E-state index contributed by atoms with van der Waals surface area (Å²) in [5.41, 5.74) is 5.29. The van der Waals surface area contributed by atoms with Gasteiger partial charge in [0.05, 0.1) is 13.3 Å². The smallest absolute Gasteiger partial charge is 0.259 e. The predicted octanol–water partition coefficient (Wildman–Crippen LogP) is 3.51. The highest BCUT2D eigenvalue weighted by molar-refractivity contribution is 5.63. The molecule has 25 heavy (non-hydrogen) atoms. The van der Waals surface area contributed by atoms with E-state index in [0.717, 1.165) is 29.6 Å². The molecule has 0 radical (unpaired) electrons. The Kier molecular flexibility index (Phi) is 4.69. The first kappa shape index (κ1) is 17.7. The molecule has 0 amide bonds. The Labute approximate surface area is 149 Å². The maximum absolute atomic E-state index is 13.0. The second-order valence-corrected chi connectivity index (χ2v) is 7.25. The maximum atomic E-state index is 13.0. The van der Waals surface area contributed by atoms with Crippen molar-refractivity contribution in [2.75, 3.05) is 11.6 Å². The van der Waals surface area contributed by atoms with Gasteiger partial charge in [-0.1, -0.05) is 24.6 Å². The average Bonchev–Trinajstić information content (AvgIpc) is 2.55. The van der Waals surface area contributed by atoms with Crippen LogP contribution in [0.2, 0.25) is 0 Å². The highest BCUT2D eigenvalue weighted by atomic mass is 16.1. The molecule has 134 valence electrons. The van der Waals surface area contributed by atoms with E-state index in [1.54, 1.807) is 0 Å². The van der Waals surface area contributed by atoms with Gasteiger partial charge in [0.1, 0.15) is 0 Å². The minimum Gasteiger partial charge on any atom is -0.298 e. The van der Waals surface area contributed by atoms with Crippen LogP contribution < -0.4 is 10.5 Å². The Morgan fingerprint density at radius 2 is 1.88 bits per heavy atom. The van der Waals surface area contributed by atoms with Crippen molar-refractivity contribution in [2.24, 2.45) is 0 Å². The fourth-order valence-corrected chi connectivity index (χ4v) is 3.52. The molecule has 1 aliphatic rings. The minimum atomic E-state index is 0.0881. The van der Waals surface area contributed by atoms with Crippen LogP contribution in [0.5, 0.6) is 0 Å². The molecule has 0 unspecified atom stereocenters. The summed E-state index contributed by atoms with van der Waals surface area (Å²) in [5.74, 6) is 0.753. The molecule has 0 saturated carbocycles. The van der Waals surface area contributed by atoms with Crippen molar-refractivity contribution in [1.29, 1.82) is 0 Å². The Morgan fingerprint density at radius 3 is 2.48 bits per heavy atom. The van der Waals surface area contributed by atoms with Gasteiger partial charge in [-0.25, -0.2) is 4.98 Å².